The van der Waals surface area contributed by atoms with Gasteiger partial charge in [-0.05, 0) is 6.42 Å². The lowest BCUT2D eigenvalue weighted by molar-refractivity contribution is -0.110. The molecule has 0 amide bonds. The summed E-state index contributed by atoms with van der Waals surface area (Å²) in [5, 5.41) is 0.353. The van der Waals surface area contributed by atoms with Gasteiger partial charge in [-0.2, -0.15) is 0 Å². The fraction of sp³-hybridized carbons (Fsp3) is 0.952. The summed E-state index contributed by atoms with van der Waals surface area (Å²) in [6.07, 6.45) is 23.2. The van der Waals surface area contributed by atoms with E-state index in [0.717, 1.165) is 5.75 Å². The van der Waals surface area contributed by atoms with Gasteiger partial charge >= 0.3 is 0 Å². The Labute approximate surface area is 150 Å². The largest absolute Gasteiger partial charge is 0.287 e. The first-order valence-corrected chi connectivity index (χ1v) is 11.5. The summed E-state index contributed by atoms with van der Waals surface area (Å²) < 4.78 is 0. The van der Waals surface area contributed by atoms with Gasteiger partial charge in [0.25, 0.3) is 0 Å². The molecule has 0 aromatic rings. The summed E-state index contributed by atoms with van der Waals surface area (Å²) in [6, 6.07) is 0. The highest BCUT2D eigenvalue weighted by atomic mass is 32.2. The lowest BCUT2D eigenvalue weighted by atomic mass is 10.0. The van der Waals surface area contributed by atoms with E-state index in [-0.39, 0.29) is 0 Å². The van der Waals surface area contributed by atoms with E-state index in [1.165, 1.54) is 114 Å². The third-order valence-corrected chi connectivity index (χ3v) is 5.65. The van der Waals surface area contributed by atoms with Crippen LogP contribution in [0.4, 0.5) is 0 Å². The maximum Gasteiger partial charge on any atom is 0.188 e. The van der Waals surface area contributed by atoms with Gasteiger partial charge in [0, 0.05) is 12.2 Å². The van der Waals surface area contributed by atoms with Crippen LogP contribution >= 0.6 is 11.8 Å². The quantitative estimate of drug-likeness (QED) is 0.235. The van der Waals surface area contributed by atoms with Crippen molar-refractivity contribution in [2.75, 3.05) is 5.75 Å². The number of thioether (sulfide) groups is 1. The first-order chi connectivity index (χ1) is 11.3. The third-order valence-electron chi connectivity index (χ3n) is 4.55. The molecule has 0 aliphatic rings. The molecule has 23 heavy (non-hydrogen) atoms. The van der Waals surface area contributed by atoms with E-state index in [4.69, 9.17) is 0 Å². The van der Waals surface area contributed by atoms with Crippen LogP contribution in [0.2, 0.25) is 0 Å². The van der Waals surface area contributed by atoms with Crippen LogP contribution < -0.4 is 0 Å². The molecule has 0 aliphatic carbocycles. The van der Waals surface area contributed by atoms with Gasteiger partial charge in [-0.15, -0.1) is 0 Å². The fourth-order valence-electron chi connectivity index (χ4n) is 2.94. The molecule has 0 saturated carbocycles. The zero-order valence-electron chi connectivity index (χ0n) is 16.0. The Hall–Kier alpha value is 0.0200. The third kappa shape index (κ3) is 20.0. The minimum Gasteiger partial charge on any atom is -0.287 e. The number of rotatable bonds is 18. The molecule has 0 heterocycles. The van der Waals surface area contributed by atoms with E-state index < -0.39 is 0 Å². The van der Waals surface area contributed by atoms with Crippen LogP contribution in [0.1, 0.15) is 123 Å². The normalized spacial score (nSPS) is 11.0. The predicted molar refractivity (Wildman–Crippen MR) is 107 cm³/mol. The highest BCUT2D eigenvalue weighted by Gasteiger charge is 1.98. The first kappa shape index (κ1) is 23.0. The molecule has 0 bridgehead atoms. The second-order valence-electron chi connectivity index (χ2n) is 6.88. The molecule has 2 heteroatoms. The summed E-state index contributed by atoms with van der Waals surface area (Å²) in [6.45, 7) is 4.23. The smallest absolute Gasteiger partial charge is 0.188 e. The monoisotopic (exact) mass is 342 g/mol. The van der Waals surface area contributed by atoms with Crippen LogP contribution in [0.25, 0.3) is 0 Å². The first-order valence-electron chi connectivity index (χ1n) is 10.5. The van der Waals surface area contributed by atoms with Gasteiger partial charge in [0.15, 0.2) is 5.12 Å². The highest BCUT2D eigenvalue weighted by molar-refractivity contribution is 8.13. The Morgan fingerprint density at radius 1 is 0.565 bits per heavy atom. The second-order valence-corrected chi connectivity index (χ2v) is 8.03. The Bertz CT molecular complexity index is 240. The van der Waals surface area contributed by atoms with Crippen LogP contribution in [0.3, 0.4) is 0 Å². The van der Waals surface area contributed by atoms with Crippen molar-refractivity contribution in [2.24, 2.45) is 0 Å². The topological polar surface area (TPSA) is 17.1 Å². The van der Waals surface area contributed by atoms with Gasteiger partial charge in [-0.3, -0.25) is 4.79 Å². The molecular formula is C21H42OS. The van der Waals surface area contributed by atoms with Crippen molar-refractivity contribution in [1.82, 2.24) is 0 Å². The number of carbonyl (C=O) groups excluding carboxylic acids is 1. The van der Waals surface area contributed by atoms with Gasteiger partial charge in [0.1, 0.15) is 0 Å². The SMILES string of the molecule is CCCCCCCCCCCCCCCCCCSC(=O)CC. The Kier molecular flexibility index (Phi) is 20.1. The summed E-state index contributed by atoms with van der Waals surface area (Å²) in [5.74, 6) is 1.03. The van der Waals surface area contributed by atoms with Crippen LogP contribution in [0.5, 0.6) is 0 Å². The maximum absolute atomic E-state index is 11.1. The summed E-state index contributed by atoms with van der Waals surface area (Å²) in [5.41, 5.74) is 0. The van der Waals surface area contributed by atoms with E-state index in [1.807, 2.05) is 6.92 Å². The highest BCUT2D eigenvalue weighted by Crippen LogP contribution is 2.14. The van der Waals surface area contributed by atoms with Crippen molar-refractivity contribution >= 4 is 16.9 Å². The van der Waals surface area contributed by atoms with Crippen LogP contribution in [-0.2, 0) is 4.79 Å². The van der Waals surface area contributed by atoms with Crippen molar-refractivity contribution in [3.8, 4) is 0 Å². The summed E-state index contributed by atoms with van der Waals surface area (Å²) in [7, 11) is 0. The summed E-state index contributed by atoms with van der Waals surface area (Å²) >= 11 is 1.52. The molecule has 0 N–H and O–H groups in total. The lowest BCUT2D eigenvalue weighted by Gasteiger charge is -2.03. The van der Waals surface area contributed by atoms with Crippen LogP contribution in [0, 0.1) is 0 Å². The molecule has 1 nitrogen and oxygen atoms in total. The van der Waals surface area contributed by atoms with Crippen LogP contribution in [0.15, 0.2) is 0 Å². The average molecular weight is 343 g/mol. The minimum atomic E-state index is 0.353. The van der Waals surface area contributed by atoms with Gasteiger partial charge < -0.3 is 0 Å². The Morgan fingerprint density at radius 2 is 0.913 bits per heavy atom. The maximum atomic E-state index is 11.1. The van der Waals surface area contributed by atoms with E-state index >= 15 is 0 Å². The Balaban J connectivity index is 2.99. The standard InChI is InChI=1S/C21H42OS/c1-3-5-6-7-8-9-10-11-12-13-14-15-16-17-18-19-20-23-21(22)4-2/h3-20H2,1-2H3. The summed E-state index contributed by atoms with van der Waals surface area (Å²) in [4.78, 5) is 11.1. The molecular weight excluding hydrogens is 300 g/mol. The minimum absolute atomic E-state index is 0.353. The van der Waals surface area contributed by atoms with Crippen molar-refractivity contribution in [3.63, 3.8) is 0 Å². The van der Waals surface area contributed by atoms with E-state index in [0.29, 0.717) is 11.5 Å². The molecule has 138 valence electrons. The number of unbranched alkanes of at least 4 members (excludes halogenated alkanes) is 15. The van der Waals surface area contributed by atoms with E-state index in [9.17, 15) is 4.79 Å². The van der Waals surface area contributed by atoms with Gasteiger partial charge in [0.05, 0.1) is 0 Å². The van der Waals surface area contributed by atoms with Crippen molar-refractivity contribution in [3.05, 3.63) is 0 Å². The van der Waals surface area contributed by atoms with Crippen molar-refractivity contribution < 1.29 is 4.79 Å². The van der Waals surface area contributed by atoms with Crippen molar-refractivity contribution in [2.45, 2.75) is 123 Å². The second kappa shape index (κ2) is 20.1. The Morgan fingerprint density at radius 3 is 1.26 bits per heavy atom. The fourth-order valence-corrected chi connectivity index (χ4v) is 3.72. The molecule has 0 aromatic carbocycles. The molecule has 0 aliphatic heterocycles. The zero-order valence-corrected chi connectivity index (χ0v) is 16.9. The van der Waals surface area contributed by atoms with Crippen molar-refractivity contribution in [1.29, 1.82) is 0 Å². The van der Waals surface area contributed by atoms with E-state index in [1.54, 1.807) is 0 Å². The predicted octanol–water partition coefficient (Wildman–Crippen LogP) is 7.92. The van der Waals surface area contributed by atoms with E-state index in [2.05, 4.69) is 6.92 Å². The van der Waals surface area contributed by atoms with Gasteiger partial charge in [-0.1, -0.05) is 122 Å². The molecule has 0 radical (unpaired) electrons. The molecule has 0 fully saturated rings. The van der Waals surface area contributed by atoms with Gasteiger partial charge in [0.2, 0.25) is 0 Å². The molecule has 0 unspecified atom stereocenters. The molecule has 0 rings (SSSR count). The lowest BCUT2D eigenvalue weighted by Crippen LogP contribution is -1.90. The number of hydrogen-bond donors (Lipinski definition) is 0. The molecule has 0 aromatic heterocycles. The molecule has 0 saturated heterocycles. The molecule has 0 spiro atoms. The number of hydrogen-bond acceptors (Lipinski definition) is 2. The molecule has 0 atom stereocenters. The average Bonchev–Trinajstić information content (AvgIpc) is 2.57. The number of carbonyl (C=O) groups is 1. The van der Waals surface area contributed by atoms with Crippen LogP contribution in [-0.4, -0.2) is 10.9 Å². The van der Waals surface area contributed by atoms with Gasteiger partial charge in [-0.25, -0.2) is 0 Å². The zero-order chi connectivity index (χ0) is 17.0.